The zero-order chi connectivity index (χ0) is 20.1. The Morgan fingerprint density at radius 3 is 2.71 bits per heavy atom. The van der Waals surface area contributed by atoms with Gasteiger partial charge in [-0.1, -0.05) is 31.0 Å². The first-order valence-electron chi connectivity index (χ1n) is 10.00. The molecule has 0 radical (unpaired) electrons. The number of unbranched alkanes of at least 4 members (excludes halogenated alkanes) is 1. The van der Waals surface area contributed by atoms with Gasteiger partial charge in [0.25, 0.3) is 0 Å². The number of nitrogens with one attached hydrogen (secondary N) is 2. The van der Waals surface area contributed by atoms with Gasteiger partial charge < -0.3 is 5.32 Å². The lowest BCUT2D eigenvalue weighted by Gasteiger charge is -2.29. The lowest BCUT2D eigenvalue weighted by Crippen LogP contribution is -2.53. The Bertz CT molecular complexity index is 842. The lowest BCUT2D eigenvalue weighted by atomic mass is 9.76. The summed E-state index contributed by atoms with van der Waals surface area (Å²) in [7, 11) is 0. The number of aryl methyl sites for hydroxylation is 1. The van der Waals surface area contributed by atoms with Crippen LogP contribution in [0.5, 0.6) is 0 Å². The van der Waals surface area contributed by atoms with Gasteiger partial charge in [0, 0.05) is 23.8 Å². The molecule has 7 heteroatoms. The fourth-order valence-electron chi connectivity index (χ4n) is 5.01. The molecule has 150 valence electrons. The van der Waals surface area contributed by atoms with Crippen LogP contribution in [0.3, 0.4) is 0 Å². The highest BCUT2D eigenvalue weighted by Gasteiger charge is 2.70. The van der Waals surface area contributed by atoms with E-state index in [1.165, 1.54) is 4.90 Å². The van der Waals surface area contributed by atoms with E-state index in [1.54, 1.807) is 11.8 Å². The molecular formula is C21H27N3O3S. The van der Waals surface area contributed by atoms with E-state index in [2.05, 4.69) is 10.6 Å². The maximum Gasteiger partial charge on any atom is 0.250 e. The van der Waals surface area contributed by atoms with E-state index in [0.717, 1.165) is 41.8 Å². The minimum Gasteiger partial charge on any atom is -0.324 e. The lowest BCUT2D eigenvalue weighted by molar-refractivity contribution is -0.142. The molecule has 2 N–H and O–H groups in total. The third-order valence-electron chi connectivity index (χ3n) is 6.33. The van der Waals surface area contributed by atoms with E-state index in [9.17, 15) is 14.4 Å². The minimum absolute atomic E-state index is 0.118. The van der Waals surface area contributed by atoms with E-state index in [4.69, 9.17) is 0 Å². The molecule has 3 aliphatic rings. The number of carbonyl (C=O) groups is 3. The van der Waals surface area contributed by atoms with Crippen LogP contribution in [-0.2, 0) is 19.9 Å². The SMILES string of the molecule is CCCCN1C(=O)C2C(CCSC)NC3(C(=O)Nc4ccc(C)cc43)C2C1=O. The Hall–Kier alpha value is -1.86. The third-order valence-corrected chi connectivity index (χ3v) is 6.97. The van der Waals surface area contributed by atoms with Crippen LogP contribution < -0.4 is 10.6 Å². The number of carbonyl (C=O) groups excluding carboxylic acids is 3. The van der Waals surface area contributed by atoms with Crippen LogP contribution in [0.25, 0.3) is 0 Å². The van der Waals surface area contributed by atoms with Crippen molar-refractivity contribution >= 4 is 35.2 Å². The van der Waals surface area contributed by atoms with Crippen molar-refractivity contribution in [1.29, 1.82) is 0 Å². The second-order valence-electron chi connectivity index (χ2n) is 8.03. The van der Waals surface area contributed by atoms with Crippen LogP contribution in [0.2, 0.25) is 0 Å². The van der Waals surface area contributed by atoms with Crippen molar-refractivity contribution in [3.05, 3.63) is 29.3 Å². The van der Waals surface area contributed by atoms with Gasteiger partial charge in [-0.2, -0.15) is 11.8 Å². The number of thioether (sulfide) groups is 1. The van der Waals surface area contributed by atoms with E-state index >= 15 is 0 Å². The highest BCUT2D eigenvalue weighted by Crippen LogP contribution is 2.53. The van der Waals surface area contributed by atoms with Crippen LogP contribution >= 0.6 is 11.8 Å². The van der Waals surface area contributed by atoms with Crippen molar-refractivity contribution in [2.24, 2.45) is 11.8 Å². The normalized spacial score (nSPS) is 30.9. The van der Waals surface area contributed by atoms with Crippen molar-refractivity contribution in [3.8, 4) is 0 Å². The Labute approximate surface area is 169 Å². The summed E-state index contributed by atoms with van der Waals surface area (Å²) in [5, 5.41) is 6.43. The fraction of sp³-hybridized carbons (Fsp3) is 0.571. The number of benzene rings is 1. The standard InChI is InChI=1S/C21H27N3O3S/c1-4-5-9-24-18(25)16-15(8-10-28-3)23-21(17(16)19(24)26)13-11-12(2)6-7-14(13)22-20(21)27/h6-7,11,15-17,23H,4-5,8-10H2,1-3H3,(H,22,27). The molecule has 1 aromatic carbocycles. The van der Waals surface area contributed by atoms with Crippen molar-refractivity contribution in [2.75, 3.05) is 23.9 Å². The molecular weight excluding hydrogens is 374 g/mol. The molecule has 1 spiro atoms. The zero-order valence-corrected chi connectivity index (χ0v) is 17.4. The van der Waals surface area contributed by atoms with Gasteiger partial charge in [-0.05, 0) is 37.8 Å². The molecule has 0 aliphatic carbocycles. The maximum absolute atomic E-state index is 13.4. The van der Waals surface area contributed by atoms with Crippen LogP contribution in [0.15, 0.2) is 18.2 Å². The third kappa shape index (κ3) is 2.63. The van der Waals surface area contributed by atoms with Crippen molar-refractivity contribution in [3.63, 3.8) is 0 Å². The van der Waals surface area contributed by atoms with Crippen molar-refractivity contribution < 1.29 is 14.4 Å². The van der Waals surface area contributed by atoms with Crippen LogP contribution in [0.4, 0.5) is 5.69 Å². The smallest absolute Gasteiger partial charge is 0.250 e. The molecule has 3 heterocycles. The van der Waals surface area contributed by atoms with Crippen LogP contribution in [0, 0.1) is 18.8 Å². The first-order chi connectivity index (χ1) is 13.5. The molecule has 0 saturated carbocycles. The predicted molar refractivity (Wildman–Crippen MR) is 110 cm³/mol. The number of hydrogen-bond donors (Lipinski definition) is 2. The number of hydrogen-bond acceptors (Lipinski definition) is 5. The van der Waals surface area contributed by atoms with Gasteiger partial charge in [0.1, 0.15) is 5.54 Å². The number of imide groups is 1. The maximum atomic E-state index is 13.4. The second-order valence-corrected chi connectivity index (χ2v) is 9.01. The summed E-state index contributed by atoms with van der Waals surface area (Å²) in [6.45, 7) is 4.46. The average Bonchev–Trinajstić information content (AvgIpc) is 3.24. The molecule has 6 nitrogen and oxygen atoms in total. The summed E-state index contributed by atoms with van der Waals surface area (Å²) in [6.07, 6.45) is 4.47. The molecule has 0 aromatic heterocycles. The van der Waals surface area contributed by atoms with Gasteiger partial charge in [0.05, 0.1) is 11.8 Å². The molecule has 2 saturated heterocycles. The van der Waals surface area contributed by atoms with Crippen molar-refractivity contribution in [1.82, 2.24) is 10.2 Å². The monoisotopic (exact) mass is 401 g/mol. The zero-order valence-electron chi connectivity index (χ0n) is 16.6. The van der Waals surface area contributed by atoms with Gasteiger partial charge in [0.15, 0.2) is 0 Å². The Morgan fingerprint density at radius 1 is 1.21 bits per heavy atom. The molecule has 3 amide bonds. The largest absolute Gasteiger partial charge is 0.324 e. The number of nitrogens with zero attached hydrogens (tertiary/aromatic N) is 1. The quantitative estimate of drug-likeness (QED) is 0.715. The van der Waals surface area contributed by atoms with E-state index in [-0.39, 0.29) is 23.8 Å². The van der Waals surface area contributed by atoms with Gasteiger partial charge in [-0.15, -0.1) is 0 Å². The second kappa shape index (κ2) is 7.19. The summed E-state index contributed by atoms with van der Waals surface area (Å²) in [5.74, 6) is -0.816. The summed E-state index contributed by atoms with van der Waals surface area (Å²) < 4.78 is 0. The highest BCUT2D eigenvalue weighted by molar-refractivity contribution is 7.98. The summed E-state index contributed by atoms with van der Waals surface area (Å²) in [6, 6.07) is 5.63. The van der Waals surface area contributed by atoms with Gasteiger partial charge in [0.2, 0.25) is 17.7 Å². The highest BCUT2D eigenvalue weighted by atomic mass is 32.2. The number of fused-ring (bicyclic) bond motifs is 4. The molecule has 4 rings (SSSR count). The topological polar surface area (TPSA) is 78.5 Å². The van der Waals surface area contributed by atoms with Crippen LogP contribution in [0.1, 0.15) is 37.3 Å². The molecule has 4 unspecified atom stereocenters. The summed E-state index contributed by atoms with van der Waals surface area (Å²) in [5.41, 5.74) is 1.42. The van der Waals surface area contributed by atoms with Crippen molar-refractivity contribution in [2.45, 2.75) is 44.7 Å². The van der Waals surface area contributed by atoms with Gasteiger partial charge in [-0.25, -0.2) is 0 Å². The number of likely N-dealkylation sites (tertiary alicyclic amines) is 1. The summed E-state index contributed by atoms with van der Waals surface area (Å²) in [4.78, 5) is 41.3. The Kier molecular flexibility index (Phi) is 5.00. The molecule has 4 atom stereocenters. The number of anilines is 1. The minimum atomic E-state index is -1.15. The van der Waals surface area contributed by atoms with Gasteiger partial charge in [-0.3, -0.25) is 24.6 Å². The first kappa shape index (κ1) is 19.5. The van der Waals surface area contributed by atoms with E-state index in [0.29, 0.717) is 6.54 Å². The molecule has 2 fully saturated rings. The number of amides is 3. The summed E-state index contributed by atoms with van der Waals surface area (Å²) >= 11 is 1.71. The average molecular weight is 402 g/mol. The fourth-order valence-corrected chi connectivity index (χ4v) is 5.49. The van der Waals surface area contributed by atoms with Crippen LogP contribution in [-0.4, -0.2) is 47.2 Å². The molecule has 0 bridgehead atoms. The Balaban J connectivity index is 1.81. The first-order valence-corrected chi connectivity index (χ1v) is 11.4. The van der Waals surface area contributed by atoms with Gasteiger partial charge >= 0.3 is 0 Å². The molecule has 3 aliphatic heterocycles. The Morgan fingerprint density at radius 2 is 2.00 bits per heavy atom. The number of rotatable bonds is 6. The molecule has 28 heavy (non-hydrogen) atoms. The predicted octanol–water partition coefficient (Wildman–Crippen LogP) is 2.27. The molecule has 1 aromatic rings. The van der Waals surface area contributed by atoms with E-state index < -0.39 is 17.4 Å². The van der Waals surface area contributed by atoms with E-state index in [1.807, 2.05) is 38.3 Å².